The first-order valence-electron chi connectivity index (χ1n) is 26.4. The van der Waals surface area contributed by atoms with Crippen LogP contribution >= 0.6 is 0 Å². The summed E-state index contributed by atoms with van der Waals surface area (Å²) in [5.41, 5.74) is 17.0. The second kappa shape index (κ2) is 19.1. The Morgan fingerprint density at radius 3 is 0.912 bits per heavy atom. The third kappa shape index (κ3) is 9.18. The zero-order valence-electron chi connectivity index (χ0n) is 45.4. The van der Waals surface area contributed by atoms with Gasteiger partial charge in [-0.25, -0.2) is 4.85 Å². The van der Waals surface area contributed by atoms with Crippen LogP contribution in [-0.2, 0) is 12.4 Å². The average molecular weight is 1060 g/mol. The predicted octanol–water partition coefficient (Wildman–Crippen LogP) is 21.3. The molecule has 0 aliphatic rings. The van der Waals surface area contributed by atoms with Gasteiger partial charge in [-0.3, -0.25) is 0 Å². The molecule has 9 heteroatoms. The van der Waals surface area contributed by atoms with Crippen LogP contribution in [0.15, 0.2) is 176 Å². The molecule has 0 fully saturated rings. The molecule has 12 aromatic rings. The van der Waals surface area contributed by atoms with Gasteiger partial charge >= 0.3 is 12.4 Å². The predicted molar refractivity (Wildman–Crippen MR) is 316 cm³/mol. The fourth-order valence-electron chi connectivity index (χ4n) is 12.3. The fraction of sp³-hybridized carbons (Fsp3) is 0.141. The molecule has 10 aromatic carbocycles. The van der Waals surface area contributed by atoms with Gasteiger partial charge in [0.25, 0.3) is 0 Å². The molecule has 0 bridgehead atoms. The van der Waals surface area contributed by atoms with Gasteiger partial charge in [-0.1, -0.05) is 148 Å². The van der Waals surface area contributed by atoms with Gasteiger partial charge in [0.1, 0.15) is 0 Å². The van der Waals surface area contributed by atoms with Gasteiger partial charge in [-0.2, -0.15) is 26.3 Å². The number of benzene rings is 10. The monoisotopic (exact) mass is 1060 g/mol. The first-order chi connectivity index (χ1) is 38.1. The molecule has 0 radical (unpaired) electrons. The third-order valence-electron chi connectivity index (χ3n) is 15.4. The number of aryl methyl sites for hydroxylation is 8. The molecule has 0 aliphatic carbocycles. The molecule has 80 heavy (non-hydrogen) atoms. The maximum Gasteiger partial charge on any atom is 0.416 e. The highest BCUT2D eigenvalue weighted by atomic mass is 19.4. The molecular formula is C71H53F6N3. The zero-order chi connectivity index (χ0) is 56.3. The second-order valence-corrected chi connectivity index (χ2v) is 21.8. The van der Waals surface area contributed by atoms with Crippen molar-refractivity contribution in [3.63, 3.8) is 0 Å². The van der Waals surface area contributed by atoms with Gasteiger partial charge in [-0.15, -0.1) is 0 Å². The van der Waals surface area contributed by atoms with E-state index in [-0.39, 0.29) is 17.3 Å². The molecule has 3 nitrogen and oxygen atoms in total. The Kier molecular flexibility index (Phi) is 12.3. The summed E-state index contributed by atoms with van der Waals surface area (Å²) in [6, 6.07) is 55.6. The summed E-state index contributed by atoms with van der Waals surface area (Å²) in [4.78, 5) is 3.92. The standard InChI is InChI=1S/C71H53F6N3/c1-39-20-40(2)25-51(24-39)47-10-16-64-58(32-47)59-33-48(52-26-41(3)21-42(4)27-52)11-17-65(59)79(64)68-37-57(56-15-14-55(70(72,73)74)36-62(56)71(75,76)77)63(78-9)38-69(68)80-66-18-12-49(53-28-43(5)22-44(6)29-53)34-60(66)61-35-50(13-19-67(61)80)54-30-45(7)23-46(8)31-54/h10-38H,1-8H3. The lowest BCUT2D eigenvalue weighted by molar-refractivity contribution is -0.142. The Morgan fingerprint density at radius 1 is 0.312 bits per heavy atom. The minimum atomic E-state index is -5.22. The van der Waals surface area contributed by atoms with E-state index in [1.165, 1.54) is 0 Å². The van der Waals surface area contributed by atoms with Crippen LogP contribution in [0, 0.1) is 62.0 Å². The first-order valence-corrected chi connectivity index (χ1v) is 26.4. The van der Waals surface area contributed by atoms with Crippen LogP contribution in [0.5, 0.6) is 0 Å². The Morgan fingerprint density at radius 2 is 0.625 bits per heavy atom. The van der Waals surface area contributed by atoms with E-state index in [0.717, 1.165) is 139 Å². The molecule has 2 heterocycles. The largest absolute Gasteiger partial charge is 0.416 e. The molecule has 0 saturated heterocycles. The molecule has 394 valence electrons. The Balaban J connectivity index is 1.23. The van der Waals surface area contributed by atoms with E-state index in [0.29, 0.717) is 17.4 Å². The summed E-state index contributed by atoms with van der Waals surface area (Å²) in [7, 11) is 0. The minimum absolute atomic E-state index is 0.147. The summed E-state index contributed by atoms with van der Waals surface area (Å²) in [5, 5.41) is 3.55. The average Bonchev–Trinajstić information content (AvgIpc) is 3.00. The van der Waals surface area contributed by atoms with E-state index in [9.17, 15) is 13.2 Å². The summed E-state index contributed by atoms with van der Waals surface area (Å²) in [6.07, 6.45) is -10.3. The number of fused-ring (bicyclic) bond motifs is 6. The number of aromatic nitrogens is 2. The number of hydrogen-bond donors (Lipinski definition) is 0. The normalized spacial score (nSPS) is 12.1. The second-order valence-electron chi connectivity index (χ2n) is 21.8. The number of hydrogen-bond acceptors (Lipinski definition) is 0. The van der Waals surface area contributed by atoms with Gasteiger partial charge < -0.3 is 9.13 Å². The lowest BCUT2D eigenvalue weighted by Gasteiger charge is -2.22. The van der Waals surface area contributed by atoms with E-state index in [2.05, 4.69) is 186 Å². The van der Waals surface area contributed by atoms with Crippen molar-refractivity contribution in [2.24, 2.45) is 0 Å². The Labute approximate surface area is 460 Å². The number of halogens is 6. The third-order valence-corrected chi connectivity index (χ3v) is 15.4. The number of alkyl halides is 6. The van der Waals surface area contributed by atoms with Crippen LogP contribution in [0.3, 0.4) is 0 Å². The van der Waals surface area contributed by atoms with E-state index in [1.54, 1.807) is 12.1 Å². The van der Waals surface area contributed by atoms with Gasteiger partial charge in [0.15, 0.2) is 5.69 Å². The fourth-order valence-corrected chi connectivity index (χ4v) is 12.3. The topological polar surface area (TPSA) is 14.2 Å². The lowest BCUT2D eigenvalue weighted by Crippen LogP contribution is -2.12. The van der Waals surface area contributed by atoms with Crippen LogP contribution in [0.4, 0.5) is 32.0 Å². The highest BCUT2D eigenvalue weighted by Crippen LogP contribution is 2.49. The highest BCUT2D eigenvalue weighted by Gasteiger charge is 2.39. The summed E-state index contributed by atoms with van der Waals surface area (Å²) in [5.74, 6) is 0. The molecule has 0 atom stereocenters. The maximum absolute atomic E-state index is 15.4. The molecule has 0 aliphatic heterocycles. The van der Waals surface area contributed by atoms with E-state index in [1.807, 2.05) is 28.8 Å². The molecule has 2 aromatic heterocycles. The lowest BCUT2D eigenvalue weighted by atomic mass is 9.94. The van der Waals surface area contributed by atoms with Crippen LogP contribution in [0.1, 0.15) is 55.6 Å². The first kappa shape index (κ1) is 51.6. The van der Waals surface area contributed by atoms with Crippen LogP contribution in [0.2, 0.25) is 0 Å². The summed E-state index contributed by atoms with van der Waals surface area (Å²) < 4.78 is 93.1. The van der Waals surface area contributed by atoms with E-state index < -0.39 is 29.0 Å². The molecule has 0 unspecified atom stereocenters. The summed E-state index contributed by atoms with van der Waals surface area (Å²) in [6.45, 7) is 25.2. The molecular weight excluding hydrogens is 1010 g/mol. The SMILES string of the molecule is [C-]#[N+]c1cc(-n2c3ccc(-c4cc(C)cc(C)c4)cc3c3cc(-c4cc(C)cc(C)c4)ccc32)c(-n2c3ccc(-c4cc(C)cc(C)c4)cc3c3cc(-c4cc(C)cc(C)c4)ccc32)cc1-c1ccc(C(F)(F)F)cc1C(F)(F)F. The number of nitrogens with zero attached hydrogens (tertiary/aromatic N) is 3. The number of rotatable bonds is 7. The van der Waals surface area contributed by atoms with Crippen molar-refractivity contribution >= 4 is 49.3 Å². The van der Waals surface area contributed by atoms with Gasteiger partial charge in [0.05, 0.1) is 51.1 Å². The quantitative estimate of drug-likeness (QED) is 0.112. The molecule has 12 rings (SSSR count). The van der Waals surface area contributed by atoms with Crippen molar-refractivity contribution in [2.45, 2.75) is 67.7 Å². The van der Waals surface area contributed by atoms with Gasteiger partial charge in [-0.05, 0) is 184 Å². The van der Waals surface area contributed by atoms with E-state index in [4.69, 9.17) is 6.57 Å². The van der Waals surface area contributed by atoms with Crippen molar-refractivity contribution in [1.82, 2.24) is 9.13 Å². The van der Waals surface area contributed by atoms with Crippen molar-refractivity contribution in [2.75, 3.05) is 0 Å². The maximum atomic E-state index is 15.4. The van der Waals surface area contributed by atoms with Crippen molar-refractivity contribution in [3.8, 4) is 67.0 Å². The van der Waals surface area contributed by atoms with Crippen molar-refractivity contribution < 1.29 is 26.3 Å². The van der Waals surface area contributed by atoms with Crippen molar-refractivity contribution in [3.05, 3.63) is 243 Å². The molecule has 0 spiro atoms. The van der Waals surface area contributed by atoms with Crippen molar-refractivity contribution in [1.29, 1.82) is 0 Å². The van der Waals surface area contributed by atoms with Crippen LogP contribution in [0.25, 0.3) is 115 Å². The van der Waals surface area contributed by atoms with Crippen LogP contribution in [-0.4, -0.2) is 9.13 Å². The summed E-state index contributed by atoms with van der Waals surface area (Å²) >= 11 is 0. The highest BCUT2D eigenvalue weighted by molar-refractivity contribution is 6.14. The smallest absolute Gasteiger partial charge is 0.308 e. The molecule has 0 amide bonds. The van der Waals surface area contributed by atoms with Crippen LogP contribution < -0.4 is 0 Å². The molecule has 0 saturated carbocycles. The van der Waals surface area contributed by atoms with Gasteiger partial charge in [0.2, 0.25) is 0 Å². The van der Waals surface area contributed by atoms with E-state index >= 15 is 13.2 Å². The Bertz CT molecular complexity index is 4310. The zero-order valence-corrected chi connectivity index (χ0v) is 45.4. The Hall–Kier alpha value is -9.13. The minimum Gasteiger partial charge on any atom is -0.308 e. The van der Waals surface area contributed by atoms with Gasteiger partial charge in [0, 0.05) is 21.5 Å². The molecule has 0 N–H and O–H groups in total.